The second-order valence-corrected chi connectivity index (χ2v) is 12.8. The fourth-order valence-electron chi connectivity index (χ4n) is 6.46. The summed E-state index contributed by atoms with van der Waals surface area (Å²) in [5, 5.41) is 33.0. The number of nitro groups is 2. The van der Waals surface area contributed by atoms with E-state index >= 15 is 0 Å². The number of non-ortho nitro benzene ring substituents is 1. The average molecular weight is 590 g/mol. The number of rotatable bonds is 7. The topological polar surface area (TPSA) is 170 Å². The van der Waals surface area contributed by atoms with Gasteiger partial charge in [-0.15, -0.1) is 0 Å². The molecule has 0 saturated heterocycles. The number of allylic oxidation sites excluding steroid dienone is 4. The minimum absolute atomic E-state index is 0.130. The first kappa shape index (κ1) is 29.6. The normalized spacial score (nSPS) is 19.6. The Morgan fingerprint density at radius 1 is 0.884 bits per heavy atom. The molecule has 1 aliphatic heterocycles. The van der Waals surface area contributed by atoms with Crippen LogP contribution in [0.2, 0.25) is 0 Å². The Kier molecular flexibility index (Phi) is 7.19. The summed E-state index contributed by atoms with van der Waals surface area (Å²) in [5.74, 6) is -2.54. The van der Waals surface area contributed by atoms with Crippen molar-refractivity contribution in [3.63, 3.8) is 0 Å². The molecule has 0 aromatic heterocycles. The molecule has 2 aromatic carbocycles. The highest BCUT2D eigenvalue weighted by Crippen LogP contribution is 2.55. The molecule has 224 valence electrons. The Hall–Kier alpha value is -4.87. The molecule has 1 N–H and O–H groups in total. The van der Waals surface area contributed by atoms with Crippen LogP contribution in [0.15, 0.2) is 65.0 Å². The maximum atomic E-state index is 13.9. The lowest BCUT2D eigenvalue weighted by atomic mass is 9.63. The number of nitrogens with zero attached hydrogens (tertiary/aromatic N) is 3. The number of hydrogen-bond donors (Lipinski definition) is 1. The quantitative estimate of drug-likeness (QED) is 0.295. The zero-order valence-electron chi connectivity index (χ0n) is 24.2. The monoisotopic (exact) mass is 589 g/mol. The fraction of sp³-hybridized carbons (Fsp3) is 0.387. The lowest BCUT2D eigenvalue weighted by Gasteiger charge is -2.48. The molecule has 0 saturated carbocycles. The Balaban J connectivity index is 1.74. The number of hydrogen-bond acceptors (Lipinski definition) is 9. The van der Waals surface area contributed by atoms with Gasteiger partial charge in [0.25, 0.3) is 5.69 Å². The molecular formula is C31H31N3O9. The van der Waals surface area contributed by atoms with E-state index in [1.165, 1.54) is 0 Å². The summed E-state index contributed by atoms with van der Waals surface area (Å²) < 4.78 is 6.05. The maximum Gasteiger partial charge on any atom is 0.323 e. The van der Waals surface area contributed by atoms with Crippen molar-refractivity contribution in [2.24, 2.45) is 10.8 Å². The van der Waals surface area contributed by atoms with Gasteiger partial charge in [-0.2, -0.15) is 0 Å². The number of carbonyl (C=O) groups is 3. The molecule has 3 aliphatic rings. The summed E-state index contributed by atoms with van der Waals surface area (Å²) in [6.07, 6.45) is 1.17. The minimum atomic E-state index is -1.10. The first-order valence-electron chi connectivity index (χ1n) is 13.8. The molecule has 0 bridgehead atoms. The second-order valence-electron chi connectivity index (χ2n) is 12.8. The van der Waals surface area contributed by atoms with Crippen LogP contribution in [0.3, 0.4) is 0 Å². The van der Waals surface area contributed by atoms with Gasteiger partial charge in [0.2, 0.25) is 5.75 Å². The van der Waals surface area contributed by atoms with Gasteiger partial charge < -0.3 is 14.7 Å². The van der Waals surface area contributed by atoms with Crippen LogP contribution in [0.5, 0.6) is 11.5 Å². The first-order chi connectivity index (χ1) is 20.1. The molecule has 0 atom stereocenters. The van der Waals surface area contributed by atoms with Gasteiger partial charge in [-0.1, -0.05) is 45.9 Å². The van der Waals surface area contributed by atoms with E-state index in [0.29, 0.717) is 40.9 Å². The third kappa shape index (κ3) is 5.52. The van der Waals surface area contributed by atoms with E-state index in [2.05, 4.69) is 0 Å². The van der Waals surface area contributed by atoms with Crippen LogP contribution in [0.25, 0.3) is 0 Å². The average Bonchev–Trinajstić information content (AvgIpc) is 2.88. The molecule has 2 aromatic rings. The third-order valence-electron chi connectivity index (χ3n) is 8.12. The number of Topliss-reactive ketones (excluding diaryl/α,β-unsaturated/α-hetero) is 2. The summed E-state index contributed by atoms with van der Waals surface area (Å²) in [6.45, 7) is 7.34. The van der Waals surface area contributed by atoms with Crippen molar-refractivity contribution in [1.29, 1.82) is 0 Å². The van der Waals surface area contributed by atoms with E-state index in [0.717, 1.165) is 18.2 Å². The molecule has 0 amide bonds. The number of para-hydroxylation sites is 1. The Bertz CT molecular complexity index is 1610. The molecule has 2 aliphatic carbocycles. The number of carboxylic acid groups (broad SMARTS) is 1. The van der Waals surface area contributed by atoms with Crippen molar-refractivity contribution >= 4 is 28.9 Å². The summed E-state index contributed by atoms with van der Waals surface area (Å²) in [5.41, 5.74) is 0.134. The maximum absolute atomic E-state index is 13.9. The van der Waals surface area contributed by atoms with Gasteiger partial charge in [0.15, 0.2) is 11.6 Å². The van der Waals surface area contributed by atoms with Crippen LogP contribution < -0.4 is 4.74 Å². The standard InChI is InChI=1S/C31H31N3O9/c1-30(2)12-20-28(22(35)14-30)27(29-21(32(20)16-26(37)38)13-31(3,4)15-23(29)36)18-7-5-6-8-24(18)43-25-10-9-17(33(39)40)11-19(25)34(41)42/h5-11,27H,12-16H2,1-4H3,(H,37,38). The second kappa shape index (κ2) is 10.4. The zero-order chi connectivity index (χ0) is 31.4. The summed E-state index contributed by atoms with van der Waals surface area (Å²) in [6, 6.07) is 9.61. The zero-order valence-corrected chi connectivity index (χ0v) is 24.2. The fourth-order valence-corrected chi connectivity index (χ4v) is 6.46. The van der Waals surface area contributed by atoms with Crippen LogP contribution in [0.4, 0.5) is 11.4 Å². The van der Waals surface area contributed by atoms with Gasteiger partial charge in [-0.05, 0) is 35.8 Å². The molecule has 12 nitrogen and oxygen atoms in total. The number of aliphatic carboxylic acids is 1. The van der Waals surface area contributed by atoms with Crippen molar-refractivity contribution < 1.29 is 34.1 Å². The number of carbonyl (C=O) groups excluding carboxylic acids is 2. The van der Waals surface area contributed by atoms with Gasteiger partial charge in [0.1, 0.15) is 12.3 Å². The number of ether oxygens (including phenoxy) is 1. The Morgan fingerprint density at radius 2 is 1.44 bits per heavy atom. The molecule has 1 heterocycles. The van der Waals surface area contributed by atoms with E-state index in [4.69, 9.17) is 4.74 Å². The van der Waals surface area contributed by atoms with Gasteiger partial charge in [-0.3, -0.25) is 34.6 Å². The van der Waals surface area contributed by atoms with E-state index in [1.807, 2.05) is 27.7 Å². The van der Waals surface area contributed by atoms with Crippen molar-refractivity contribution in [2.75, 3.05) is 6.54 Å². The highest BCUT2D eigenvalue weighted by molar-refractivity contribution is 6.07. The van der Waals surface area contributed by atoms with Crippen LogP contribution >= 0.6 is 0 Å². The van der Waals surface area contributed by atoms with Crippen LogP contribution in [-0.4, -0.2) is 43.9 Å². The lowest BCUT2D eigenvalue weighted by molar-refractivity contribution is -0.394. The predicted molar refractivity (Wildman–Crippen MR) is 153 cm³/mol. The van der Waals surface area contributed by atoms with Crippen LogP contribution in [0, 0.1) is 31.1 Å². The van der Waals surface area contributed by atoms with Gasteiger partial charge in [0.05, 0.1) is 15.9 Å². The summed E-state index contributed by atoms with van der Waals surface area (Å²) >= 11 is 0. The number of carboxylic acids is 1. The van der Waals surface area contributed by atoms with Crippen molar-refractivity contribution in [3.8, 4) is 11.5 Å². The molecule has 0 unspecified atom stereocenters. The molecular weight excluding hydrogens is 558 g/mol. The highest BCUT2D eigenvalue weighted by Gasteiger charge is 2.50. The van der Waals surface area contributed by atoms with Crippen molar-refractivity contribution in [3.05, 3.63) is 90.8 Å². The molecule has 12 heteroatoms. The van der Waals surface area contributed by atoms with E-state index < -0.39 is 50.5 Å². The third-order valence-corrected chi connectivity index (χ3v) is 8.12. The van der Waals surface area contributed by atoms with E-state index in [9.17, 15) is 39.7 Å². The minimum Gasteiger partial charge on any atom is -0.480 e. The summed E-state index contributed by atoms with van der Waals surface area (Å²) in [4.78, 5) is 63.1. The van der Waals surface area contributed by atoms with Crippen molar-refractivity contribution in [2.45, 2.75) is 59.3 Å². The van der Waals surface area contributed by atoms with Gasteiger partial charge >= 0.3 is 11.7 Å². The molecule has 0 spiro atoms. The Morgan fingerprint density at radius 3 is 1.95 bits per heavy atom. The SMILES string of the molecule is CC1(C)CC(=O)C2=C(C1)N(CC(=O)O)C1=C(C(=O)CC(C)(C)C1)C2c1ccccc1Oc1ccc([N+](=O)[O-])cc1[N+](=O)[O-]. The predicted octanol–water partition coefficient (Wildman–Crippen LogP) is 6.07. The van der Waals surface area contributed by atoms with Crippen LogP contribution in [-0.2, 0) is 14.4 Å². The molecule has 0 radical (unpaired) electrons. The number of nitro benzene ring substituents is 2. The van der Waals surface area contributed by atoms with Gasteiger partial charge in [0, 0.05) is 52.9 Å². The highest BCUT2D eigenvalue weighted by atomic mass is 16.6. The van der Waals surface area contributed by atoms with Crippen molar-refractivity contribution in [1.82, 2.24) is 4.90 Å². The molecule has 43 heavy (non-hydrogen) atoms. The van der Waals surface area contributed by atoms with E-state index in [-0.39, 0.29) is 35.9 Å². The van der Waals surface area contributed by atoms with Crippen LogP contribution in [0.1, 0.15) is 64.9 Å². The van der Waals surface area contributed by atoms with E-state index in [1.54, 1.807) is 29.2 Å². The van der Waals surface area contributed by atoms with Gasteiger partial charge in [-0.25, -0.2) is 0 Å². The lowest BCUT2D eigenvalue weighted by Crippen LogP contribution is -2.45. The Labute approximate surface area is 246 Å². The smallest absolute Gasteiger partial charge is 0.323 e. The molecule has 5 rings (SSSR count). The number of ketones is 2. The molecule has 0 fully saturated rings. The first-order valence-corrected chi connectivity index (χ1v) is 13.8. The largest absolute Gasteiger partial charge is 0.480 e. The summed E-state index contributed by atoms with van der Waals surface area (Å²) in [7, 11) is 0. The number of benzene rings is 2.